The predicted octanol–water partition coefficient (Wildman–Crippen LogP) is 2.53. The lowest BCUT2D eigenvalue weighted by atomic mass is 9.91. The quantitative estimate of drug-likeness (QED) is 0.840. The molecular weight excluding hydrogens is 266 g/mol. The third kappa shape index (κ3) is 4.21. The van der Waals surface area contributed by atoms with Gasteiger partial charge in [0.25, 0.3) is 5.91 Å². The molecule has 0 aliphatic heterocycles. The number of ether oxygens (including phenoxy) is 1. The van der Waals surface area contributed by atoms with E-state index in [0.29, 0.717) is 19.0 Å². The van der Waals surface area contributed by atoms with Crippen molar-refractivity contribution in [2.45, 2.75) is 51.7 Å². The van der Waals surface area contributed by atoms with Crippen LogP contribution in [-0.2, 0) is 4.79 Å². The van der Waals surface area contributed by atoms with Crippen molar-refractivity contribution >= 4 is 5.91 Å². The molecule has 4 nitrogen and oxygen atoms in total. The van der Waals surface area contributed by atoms with Crippen LogP contribution in [0.3, 0.4) is 0 Å². The minimum absolute atomic E-state index is 0.0220. The Labute approximate surface area is 126 Å². The van der Waals surface area contributed by atoms with Crippen molar-refractivity contribution in [3.05, 3.63) is 29.8 Å². The zero-order chi connectivity index (χ0) is 15.2. The van der Waals surface area contributed by atoms with Gasteiger partial charge in [0.2, 0.25) is 0 Å². The van der Waals surface area contributed by atoms with Gasteiger partial charge in [0.15, 0.2) is 6.10 Å². The number of nitrogens with zero attached hydrogens (tertiary/aromatic N) is 1. The Kier molecular flexibility index (Phi) is 5.62. The Balaban J connectivity index is 1.96. The number of hydrogen-bond donors (Lipinski definition) is 1. The van der Waals surface area contributed by atoms with Gasteiger partial charge < -0.3 is 14.7 Å². The number of rotatable bonds is 7. The van der Waals surface area contributed by atoms with Gasteiger partial charge in [-0.15, -0.1) is 0 Å². The maximum atomic E-state index is 12.6. The van der Waals surface area contributed by atoms with Crippen LogP contribution in [0.4, 0.5) is 0 Å². The first kappa shape index (κ1) is 15.8. The summed E-state index contributed by atoms with van der Waals surface area (Å²) in [6.45, 7) is 4.55. The molecule has 1 atom stereocenters. The van der Waals surface area contributed by atoms with Crippen LogP contribution in [0.5, 0.6) is 5.75 Å². The molecule has 0 bridgehead atoms. The maximum absolute atomic E-state index is 12.6. The van der Waals surface area contributed by atoms with E-state index in [2.05, 4.69) is 0 Å². The van der Waals surface area contributed by atoms with E-state index in [0.717, 1.165) is 18.6 Å². The second kappa shape index (κ2) is 7.46. The highest BCUT2D eigenvalue weighted by Gasteiger charge is 2.31. The first-order chi connectivity index (χ1) is 10.1. The number of aliphatic hydroxyl groups is 1. The molecule has 0 spiro atoms. The molecule has 1 N–H and O–H groups in total. The van der Waals surface area contributed by atoms with E-state index >= 15 is 0 Å². The number of hydrogen-bond acceptors (Lipinski definition) is 3. The topological polar surface area (TPSA) is 49.8 Å². The van der Waals surface area contributed by atoms with Crippen LogP contribution in [0.15, 0.2) is 24.3 Å². The summed E-state index contributed by atoms with van der Waals surface area (Å²) in [6, 6.07) is 8.05. The molecule has 1 fully saturated rings. The van der Waals surface area contributed by atoms with Gasteiger partial charge >= 0.3 is 0 Å². The van der Waals surface area contributed by atoms with Gasteiger partial charge in [0.1, 0.15) is 5.75 Å². The van der Waals surface area contributed by atoms with Gasteiger partial charge in [-0.25, -0.2) is 0 Å². The average Bonchev–Trinajstić information content (AvgIpc) is 2.43. The lowest BCUT2D eigenvalue weighted by Crippen LogP contribution is -2.49. The number of carbonyl (C=O) groups excluding carboxylic acids is 1. The molecule has 21 heavy (non-hydrogen) atoms. The summed E-state index contributed by atoms with van der Waals surface area (Å²) >= 11 is 0. The highest BCUT2D eigenvalue weighted by Crippen LogP contribution is 2.26. The van der Waals surface area contributed by atoms with Gasteiger partial charge in [0, 0.05) is 19.2 Å². The fourth-order valence-corrected chi connectivity index (χ4v) is 2.52. The predicted molar refractivity (Wildman–Crippen MR) is 82.3 cm³/mol. The van der Waals surface area contributed by atoms with Gasteiger partial charge in [-0.3, -0.25) is 4.79 Å². The van der Waals surface area contributed by atoms with Crippen LogP contribution in [-0.4, -0.2) is 41.2 Å². The number of aliphatic hydroxyl groups excluding tert-OH is 1. The zero-order valence-electron chi connectivity index (χ0n) is 12.9. The first-order valence-corrected chi connectivity index (χ1v) is 7.76. The largest absolute Gasteiger partial charge is 0.481 e. The summed E-state index contributed by atoms with van der Waals surface area (Å²) in [4.78, 5) is 14.5. The van der Waals surface area contributed by atoms with Gasteiger partial charge in [-0.05, 0) is 51.7 Å². The number of amides is 1. The zero-order valence-corrected chi connectivity index (χ0v) is 12.9. The van der Waals surface area contributed by atoms with E-state index in [9.17, 15) is 4.79 Å². The van der Waals surface area contributed by atoms with Crippen molar-refractivity contribution in [2.75, 3.05) is 13.2 Å². The van der Waals surface area contributed by atoms with Crippen molar-refractivity contribution in [1.29, 1.82) is 0 Å². The van der Waals surface area contributed by atoms with E-state index in [1.807, 2.05) is 36.1 Å². The van der Waals surface area contributed by atoms with Crippen LogP contribution in [0.25, 0.3) is 0 Å². The van der Waals surface area contributed by atoms with Crippen molar-refractivity contribution in [3.8, 4) is 5.75 Å². The molecule has 1 aliphatic carbocycles. The van der Waals surface area contributed by atoms with Crippen molar-refractivity contribution in [3.63, 3.8) is 0 Å². The molecule has 1 aromatic rings. The highest BCUT2D eigenvalue weighted by atomic mass is 16.5. The lowest BCUT2D eigenvalue weighted by Gasteiger charge is -2.38. The number of aryl methyl sites for hydroxylation is 1. The number of carbonyl (C=O) groups is 1. The molecule has 116 valence electrons. The lowest BCUT2D eigenvalue weighted by molar-refractivity contribution is -0.142. The van der Waals surface area contributed by atoms with Crippen LogP contribution in [0.1, 0.15) is 38.2 Å². The molecule has 4 heteroatoms. The third-order valence-electron chi connectivity index (χ3n) is 4.04. The minimum Gasteiger partial charge on any atom is -0.481 e. The third-order valence-corrected chi connectivity index (χ3v) is 4.04. The molecule has 1 saturated carbocycles. The smallest absolute Gasteiger partial charge is 0.263 e. The molecule has 0 aromatic heterocycles. The van der Waals surface area contributed by atoms with Crippen LogP contribution < -0.4 is 4.74 Å². The Morgan fingerprint density at radius 1 is 1.38 bits per heavy atom. The molecule has 0 saturated heterocycles. The first-order valence-electron chi connectivity index (χ1n) is 7.76. The van der Waals surface area contributed by atoms with Crippen molar-refractivity contribution < 1.29 is 14.6 Å². The summed E-state index contributed by atoms with van der Waals surface area (Å²) in [5.41, 5.74) is 1.17. The minimum atomic E-state index is -0.494. The second-order valence-electron chi connectivity index (χ2n) is 5.77. The highest BCUT2D eigenvalue weighted by molar-refractivity contribution is 5.81. The Bertz CT molecular complexity index is 454. The molecule has 1 unspecified atom stereocenters. The second-order valence-corrected chi connectivity index (χ2v) is 5.77. The van der Waals surface area contributed by atoms with Crippen LogP contribution in [0.2, 0.25) is 0 Å². The molecule has 0 radical (unpaired) electrons. The average molecular weight is 291 g/mol. The van der Waals surface area contributed by atoms with E-state index < -0.39 is 6.10 Å². The standard InChI is InChI=1S/C17H25NO3/c1-13-7-9-16(10-8-13)21-14(2)17(20)18(11-4-12-19)15-5-3-6-15/h7-10,14-15,19H,3-6,11-12H2,1-2H3. The summed E-state index contributed by atoms with van der Waals surface area (Å²) in [5.74, 6) is 0.742. The Hall–Kier alpha value is -1.55. The normalized spacial score (nSPS) is 16.1. The SMILES string of the molecule is Cc1ccc(OC(C)C(=O)N(CCCO)C2CCC2)cc1. The van der Waals surface area contributed by atoms with Crippen molar-refractivity contribution in [2.24, 2.45) is 0 Å². The van der Waals surface area contributed by atoms with E-state index in [-0.39, 0.29) is 12.5 Å². The maximum Gasteiger partial charge on any atom is 0.263 e. The number of benzene rings is 1. The fourth-order valence-electron chi connectivity index (χ4n) is 2.52. The molecule has 1 amide bonds. The summed E-state index contributed by atoms with van der Waals surface area (Å²) in [5, 5.41) is 9.00. The van der Waals surface area contributed by atoms with E-state index in [1.54, 1.807) is 6.92 Å². The van der Waals surface area contributed by atoms with Crippen LogP contribution in [0, 0.1) is 6.92 Å². The van der Waals surface area contributed by atoms with Gasteiger partial charge in [-0.1, -0.05) is 17.7 Å². The van der Waals surface area contributed by atoms with E-state index in [4.69, 9.17) is 9.84 Å². The fraction of sp³-hybridized carbons (Fsp3) is 0.588. The van der Waals surface area contributed by atoms with E-state index in [1.165, 1.54) is 12.0 Å². The van der Waals surface area contributed by atoms with Crippen molar-refractivity contribution in [1.82, 2.24) is 4.90 Å². The summed E-state index contributed by atoms with van der Waals surface area (Å²) < 4.78 is 5.76. The van der Waals surface area contributed by atoms with Gasteiger partial charge in [-0.2, -0.15) is 0 Å². The Morgan fingerprint density at radius 2 is 2.05 bits per heavy atom. The summed E-state index contributed by atoms with van der Waals surface area (Å²) in [7, 11) is 0. The molecule has 0 heterocycles. The monoisotopic (exact) mass is 291 g/mol. The van der Waals surface area contributed by atoms with Gasteiger partial charge in [0.05, 0.1) is 0 Å². The molecule has 1 aromatic carbocycles. The Morgan fingerprint density at radius 3 is 2.57 bits per heavy atom. The molecular formula is C17H25NO3. The van der Waals surface area contributed by atoms with Crippen LogP contribution >= 0.6 is 0 Å². The molecule has 2 rings (SSSR count). The molecule has 1 aliphatic rings. The summed E-state index contributed by atoms with van der Waals surface area (Å²) in [6.07, 6.45) is 3.44.